The smallest absolute Gasteiger partial charge is 0.435 e. The standard InChI is InChI=1S/C16H13F4N3O2/c17-11-5-10(6-21-7-11)12-3-4-13(14(22-12)16(18,19)20)23-15(24)25-8-9-1-2-9/h3-7,9H,1-2,8H2,(H,23,24). The van der Waals surface area contributed by atoms with Gasteiger partial charge in [0.25, 0.3) is 0 Å². The average molecular weight is 355 g/mol. The van der Waals surface area contributed by atoms with Crippen molar-refractivity contribution in [2.45, 2.75) is 19.0 Å². The van der Waals surface area contributed by atoms with Gasteiger partial charge in [-0.25, -0.2) is 14.2 Å². The molecule has 25 heavy (non-hydrogen) atoms. The van der Waals surface area contributed by atoms with Crippen molar-refractivity contribution in [2.24, 2.45) is 5.92 Å². The van der Waals surface area contributed by atoms with E-state index in [4.69, 9.17) is 4.74 Å². The minimum absolute atomic E-state index is 0.0911. The number of anilines is 1. The third kappa shape index (κ3) is 4.43. The van der Waals surface area contributed by atoms with Crippen LogP contribution in [0.2, 0.25) is 0 Å². The number of amides is 1. The first-order valence-corrected chi connectivity index (χ1v) is 7.46. The fourth-order valence-corrected chi connectivity index (χ4v) is 2.11. The minimum Gasteiger partial charge on any atom is -0.449 e. The number of nitrogens with one attached hydrogen (secondary N) is 1. The fraction of sp³-hybridized carbons (Fsp3) is 0.312. The lowest BCUT2D eigenvalue weighted by atomic mass is 10.1. The number of nitrogens with zero attached hydrogens (tertiary/aromatic N) is 2. The first-order valence-electron chi connectivity index (χ1n) is 7.46. The molecule has 3 rings (SSSR count). The molecule has 0 bridgehead atoms. The van der Waals surface area contributed by atoms with Gasteiger partial charge in [-0.05, 0) is 37.0 Å². The number of hydrogen-bond acceptors (Lipinski definition) is 4. The van der Waals surface area contributed by atoms with E-state index in [0.29, 0.717) is 0 Å². The third-order valence-corrected chi connectivity index (χ3v) is 3.55. The highest BCUT2D eigenvalue weighted by molar-refractivity contribution is 5.85. The third-order valence-electron chi connectivity index (χ3n) is 3.55. The summed E-state index contributed by atoms with van der Waals surface area (Å²) < 4.78 is 57.8. The maximum atomic E-state index is 13.3. The second-order valence-electron chi connectivity index (χ2n) is 5.65. The molecule has 0 aromatic carbocycles. The van der Waals surface area contributed by atoms with Crippen molar-refractivity contribution in [3.8, 4) is 11.3 Å². The molecule has 132 valence electrons. The molecule has 0 atom stereocenters. The van der Waals surface area contributed by atoms with E-state index < -0.39 is 29.5 Å². The lowest BCUT2D eigenvalue weighted by Gasteiger charge is -2.14. The van der Waals surface area contributed by atoms with Crippen LogP contribution >= 0.6 is 0 Å². The number of aromatic nitrogens is 2. The fourth-order valence-electron chi connectivity index (χ4n) is 2.11. The van der Waals surface area contributed by atoms with Gasteiger partial charge in [-0.15, -0.1) is 0 Å². The Labute approximate surface area is 140 Å². The number of carbonyl (C=O) groups is 1. The molecule has 0 radical (unpaired) electrons. The summed E-state index contributed by atoms with van der Waals surface area (Å²) in [6, 6.07) is 3.31. The minimum atomic E-state index is -4.81. The van der Waals surface area contributed by atoms with Crippen LogP contribution in [-0.2, 0) is 10.9 Å². The Kier molecular flexibility index (Phi) is 4.56. The molecule has 2 heterocycles. The molecule has 2 aromatic rings. The van der Waals surface area contributed by atoms with E-state index >= 15 is 0 Å². The van der Waals surface area contributed by atoms with Crippen molar-refractivity contribution in [3.05, 3.63) is 42.1 Å². The van der Waals surface area contributed by atoms with Gasteiger partial charge in [-0.2, -0.15) is 13.2 Å². The molecule has 9 heteroatoms. The second kappa shape index (κ2) is 6.66. The van der Waals surface area contributed by atoms with E-state index in [-0.39, 0.29) is 23.8 Å². The number of rotatable bonds is 4. The Morgan fingerprint density at radius 1 is 1.28 bits per heavy atom. The van der Waals surface area contributed by atoms with Crippen LogP contribution in [0.3, 0.4) is 0 Å². The van der Waals surface area contributed by atoms with Gasteiger partial charge >= 0.3 is 12.3 Å². The molecule has 1 saturated carbocycles. The number of ether oxygens (including phenoxy) is 1. The summed E-state index contributed by atoms with van der Waals surface area (Å²) in [7, 11) is 0. The molecule has 1 aliphatic rings. The molecule has 0 spiro atoms. The zero-order valence-corrected chi connectivity index (χ0v) is 12.8. The number of halogens is 4. The molecular formula is C16H13F4N3O2. The van der Waals surface area contributed by atoms with Crippen molar-refractivity contribution in [1.82, 2.24) is 9.97 Å². The molecule has 2 aromatic heterocycles. The molecule has 0 unspecified atom stereocenters. The van der Waals surface area contributed by atoms with E-state index in [1.165, 1.54) is 12.3 Å². The van der Waals surface area contributed by atoms with Crippen LogP contribution in [0.4, 0.5) is 28.0 Å². The number of carbonyl (C=O) groups excluding carboxylic acids is 1. The van der Waals surface area contributed by atoms with Crippen LogP contribution < -0.4 is 5.32 Å². The molecular weight excluding hydrogens is 342 g/mol. The van der Waals surface area contributed by atoms with Gasteiger partial charge in [0.05, 0.1) is 24.2 Å². The van der Waals surface area contributed by atoms with E-state index in [9.17, 15) is 22.4 Å². The summed E-state index contributed by atoms with van der Waals surface area (Å²) in [5.41, 5.74) is -1.84. The van der Waals surface area contributed by atoms with Crippen molar-refractivity contribution in [1.29, 1.82) is 0 Å². The summed E-state index contributed by atoms with van der Waals surface area (Å²) in [5, 5.41) is 2.06. The van der Waals surface area contributed by atoms with Crippen molar-refractivity contribution in [2.75, 3.05) is 11.9 Å². The zero-order valence-electron chi connectivity index (χ0n) is 12.8. The Hall–Kier alpha value is -2.71. The summed E-state index contributed by atoms with van der Waals surface area (Å²) >= 11 is 0. The highest BCUT2D eigenvalue weighted by atomic mass is 19.4. The Bertz CT molecular complexity index is 791. The number of alkyl halides is 3. The summed E-state index contributed by atoms with van der Waals surface area (Å²) in [6.45, 7) is 0.174. The van der Waals surface area contributed by atoms with Crippen molar-refractivity contribution >= 4 is 11.8 Å². The van der Waals surface area contributed by atoms with Crippen LogP contribution in [-0.4, -0.2) is 22.7 Å². The van der Waals surface area contributed by atoms with E-state index in [2.05, 4.69) is 15.3 Å². The predicted molar refractivity (Wildman–Crippen MR) is 80.1 cm³/mol. The maximum Gasteiger partial charge on any atom is 0.435 e. The first kappa shape index (κ1) is 17.1. The lowest BCUT2D eigenvalue weighted by Crippen LogP contribution is -2.19. The van der Waals surface area contributed by atoms with Gasteiger partial charge in [0, 0.05) is 11.8 Å². The average Bonchev–Trinajstić information content (AvgIpc) is 3.36. The quantitative estimate of drug-likeness (QED) is 0.833. The van der Waals surface area contributed by atoms with E-state index in [1.807, 2.05) is 0 Å². The van der Waals surface area contributed by atoms with Gasteiger partial charge in [0.1, 0.15) is 5.82 Å². The van der Waals surface area contributed by atoms with E-state index in [1.54, 1.807) is 0 Å². The van der Waals surface area contributed by atoms with Gasteiger partial charge in [-0.3, -0.25) is 10.3 Å². The molecule has 1 aliphatic carbocycles. The molecule has 1 fully saturated rings. The second-order valence-corrected chi connectivity index (χ2v) is 5.65. The van der Waals surface area contributed by atoms with Crippen LogP contribution in [0.5, 0.6) is 0 Å². The summed E-state index contributed by atoms with van der Waals surface area (Å²) in [4.78, 5) is 18.7. The summed E-state index contributed by atoms with van der Waals surface area (Å²) in [6.07, 6.45) is -1.77. The van der Waals surface area contributed by atoms with Gasteiger partial charge in [-0.1, -0.05) is 0 Å². The molecule has 0 saturated heterocycles. The van der Waals surface area contributed by atoms with Crippen LogP contribution in [0.25, 0.3) is 11.3 Å². The first-order chi connectivity index (χ1) is 11.8. The highest BCUT2D eigenvalue weighted by Gasteiger charge is 2.36. The SMILES string of the molecule is O=C(Nc1ccc(-c2cncc(F)c2)nc1C(F)(F)F)OCC1CC1. The predicted octanol–water partition coefficient (Wildman–Crippen LogP) is 4.26. The molecule has 5 nitrogen and oxygen atoms in total. The molecule has 1 N–H and O–H groups in total. The highest BCUT2D eigenvalue weighted by Crippen LogP contribution is 2.35. The van der Waals surface area contributed by atoms with Gasteiger partial charge in [0.2, 0.25) is 0 Å². The topological polar surface area (TPSA) is 64.1 Å². The Morgan fingerprint density at radius 2 is 2.04 bits per heavy atom. The lowest BCUT2D eigenvalue weighted by molar-refractivity contribution is -0.140. The van der Waals surface area contributed by atoms with Crippen LogP contribution in [0.15, 0.2) is 30.6 Å². The monoisotopic (exact) mass is 355 g/mol. The number of hydrogen-bond donors (Lipinski definition) is 1. The van der Waals surface area contributed by atoms with Gasteiger partial charge < -0.3 is 4.74 Å². The largest absolute Gasteiger partial charge is 0.449 e. The normalized spacial score (nSPS) is 14.2. The van der Waals surface area contributed by atoms with E-state index in [0.717, 1.165) is 31.2 Å². The van der Waals surface area contributed by atoms with Crippen molar-refractivity contribution in [3.63, 3.8) is 0 Å². The molecule has 0 aliphatic heterocycles. The van der Waals surface area contributed by atoms with Crippen LogP contribution in [0.1, 0.15) is 18.5 Å². The molecule has 1 amide bonds. The number of pyridine rings is 2. The maximum absolute atomic E-state index is 13.3. The van der Waals surface area contributed by atoms with Crippen LogP contribution in [0, 0.1) is 11.7 Å². The Morgan fingerprint density at radius 3 is 2.68 bits per heavy atom. The zero-order chi connectivity index (χ0) is 18.0. The summed E-state index contributed by atoms with van der Waals surface area (Å²) in [5.74, 6) is -0.410. The Balaban J connectivity index is 1.86. The van der Waals surface area contributed by atoms with Crippen molar-refractivity contribution < 1.29 is 27.1 Å². The van der Waals surface area contributed by atoms with Gasteiger partial charge in [0.15, 0.2) is 5.69 Å².